The Morgan fingerprint density at radius 2 is 1.82 bits per heavy atom. The molecule has 0 aromatic heterocycles. The largest absolute Gasteiger partial charge is 0.466 e. The Labute approximate surface area is 103 Å². The molecule has 3 N–H and O–H groups in total. The van der Waals surface area contributed by atoms with E-state index in [9.17, 15) is 0 Å². The molecule has 3 heteroatoms. The average Bonchev–Trinajstić information content (AvgIpc) is 2.35. The molecular weight excluding hydrogens is 212 g/mol. The van der Waals surface area contributed by atoms with E-state index < -0.39 is 0 Å². The lowest BCUT2D eigenvalue weighted by Crippen LogP contribution is -2.32. The first kappa shape index (κ1) is 12.0. The van der Waals surface area contributed by atoms with Crippen molar-refractivity contribution < 1.29 is 4.74 Å². The fraction of sp³-hybridized carbons (Fsp3) is 0.429. The third-order valence-corrected chi connectivity index (χ3v) is 3.22. The quantitative estimate of drug-likeness (QED) is 0.785. The van der Waals surface area contributed by atoms with Crippen molar-refractivity contribution in [1.29, 1.82) is 0 Å². The van der Waals surface area contributed by atoms with Gasteiger partial charge < -0.3 is 15.8 Å². The molecule has 0 atom stereocenters. The predicted molar refractivity (Wildman–Crippen MR) is 71.1 cm³/mol. The number of rotatable bonds is 4. The fourth-order valence-electron chi connectivity index (χ4n) is 2.23. The van der Waals surface area contributed by atoms with Gasteiger partial charge in [0.05, 0.1) is 6.26 Å². The fourth-order valence-corrected chi connectivity index (χ4v) is 2.23. The highest BCUT2D eigenvalue weighted by Gasteiger charge is 2.17. The van der Waals surface area contributed by atoms with Gasteiger partial charge in [-0.15, -0.1) is 0 Å². The molecule has 1 fully saturated rings. The van der Waals surface area contributed by atoms with E-state index in [0.29, 0.717) is 12.1 Å². The van der Waals surface area contributed by atoms with Crippen molar-refractivity contribution in [2.24, 2.45) is 5.73 Å². The molecule has 1 aliphatic carbocycles. The van der Waals surface area contributed by atoms with Gasteiger partial charge in [0.2, 0.25) is 0 Å². The molecule has 0 heterocycles. The maximum Gasteiger partial charge on any atom is 0.126 e. The van der Waals surface area contributed by atoms with Crippen molar-refractivity contribution in [2.45, 2.75) is 37.8 Å². The number of ether oxygens (including phenoxy) is 1. The lowest BCUT2D eigenvalue weighted by molar-refractivity contribution is 0.411. The second kappa shape index (κ2) is 5.73. The lowest BCUT2D eigenvalue weighted by Gasteiger charge is -2.27. The lowest BCUT2D eigenvalue weighted by atomic mass is 9.92. The van der Waals surface area contributed by atoms with Crippen LogP contribution >= 0.6 is 0 Å². The van der Waals surface area contributed by atoms with Gasteiger partial charge >= 0.3 is 0 Å². The van der Waals surface area contributed by atoms with Crippen LogP contribution in [0.3, 0.4) is 0 Å². The number of hydrogen-bond donors (Lipinski definition) is 2. The second-order valence-electron chi connectivity index (χ2n) is 4.56. The summed E-state index contributed by atoms with van der Waals surface area (Å²) in [4.78, 5) is 0. The van der Waals surface area contributed by atoms with Gasteiger partial charge in [-0.1, -0.05) is 6.58 Å². The van der Waals surface area contributed by atoms with Crippen LogP contribution in [0.5, 0.6) is 5.75 Å². The minimum absolute atomic E-state index is 0.399. The van der Waals surface area contributed by atoms with Crippen molar-refractivity contribution in [1.82, 2.24) is 0 Å². The number of hydrogen-bond acceptors (Lipinski definition) is 3. The highest BCUT2D eigenvalue weighted by atomic mass is 16.5. The van der Waals surface area contributed by atoms with Gasteiger partial charge in [0.25, 0.3) is 0 Å². The van der Waals surface area contributed by atoms with Gasteiger partial charge in [0, 0.05) is 17.8 Å². The molecular formula is C14H20N2O. The molecule has 0 spiro atoms. The van der Waals surface area contributed by atoms with Crippen molar-refractivity contribution in [3.8, 4) is 5.75 Å². The van der Waals surface area contributed by atoms with E-state index in [4.69, 9.17) is 10.5 Å². The molecule has 2 rings (SSSR count). The minimum atomic E-state index is 0.399. The molecule has 0 amide bonds. The highest BCUT2D eigenvalue weighted by Crippen LogP contribution is 2.22. The SMILES string of the molecule is C=COc1ccc(NC2CCC(N)CC2)cc1. The van der Waals surface area contributed by atoms with Crippen LogP contribution in [-0.2, 0) is 0 Å². The molecule has 1 aliphatic rings. The summed E-state index contributed by atoms with van der Waals surface area (Å²) in [6, 6.07) is 8.91. The molecule has 0 saturated heterocycles. The summed E-state index contributed by atoms with van der Waals surface area (Å²) < 4.78 is 5.18. The zero-order chi connectivity index (χ0) is 12.1. The van der Waals surface area contributed by atoms with E-state index >= 15 is 0 Å². The molecule has 0 bridgehead atoms. The van der Waals surface area contributed by atoms with E-state index in [1.165, 1.54) is 6.26 Å². The molecule has 1 aromatic carbocycles. The van der Waals surface area contributed by atoms with Gasteiger partial charge in [-0.25, -0.2) is 0 Å². The summed E-state index contributed by atoms with van der Waals surface area (Å²) in [5, 5.41) is 3.53. The van der Waals surface area contributed by atoms with Crippen molar-refractivity contribution in [2.75, 3.05) is 5.32 Å². The van der Waals surface area contributed by atoms with Gasteiger partial charge in [-0.3, -0.25) is 0 Å². The molecule has 3 nitrogen and oxygen atoms in total. The van der Waals surface area contributed by atoms with Crippen LogP contribution in [0.15, 0.2) is 37.1 Å². The third kappa shape index (κ3) is 3.49. The van der Waals surface area contributed by atoms with Gasteiger partial charge in [0.1, 0.15) is 5.75 Å². The maximum atomic E-state index is 5.89. The van der Waals surface area contributed by atoms with Crippen molar-refractivity contribution in [3.05, 3.63) is 37.1 Å². The summed E-state index contributed by atoms with van der Waals surface area (Å²) in [6.07, 6.45) is 5.99. The number of nitrogens with one attached hydrogen (secondary N) is 1. The Balaban J connectivity index is 1.88. The highest BCUT2D eigenvalue weighted by molar-refractivity contribution is 5.47. The molecule has 92 valence electrons. The molecule has 0 radical (unpaired) electrons. The van der Waals surface area contributed by atoms with Gasteiger partial charge in [0.15, 0.2) is 0 Å². The summed E-state index contributed by atoms with van der Waals surface area (Å²) in [7, 11) is 0. The third-order valence-electron chi connectivity index (χ3n) is 3.22. The molecule has 1 saturated carbocycles. The summed E-state index contributed by atoms with van der Waals surface area (Å²) in [5.74, 6) is 0.816. The zero-order valence-electron chi connectivity index (χ0n) is 10.1. The Hall–Kier alpha value is -1.48. The Morgan fingerprint density at radius 3 is 2.41 bits per heavy atom. The van der Waals surface area contributed by atoms with Crippen LogP contribution in [0.1, 0.15) is 25.7 Å². The Kier molecular flexibility index (Phi) is 4.04. The van der Waals surface area contributed by atoms with Crippen molar-refractivity contribution in [3.63, 3.8) is 0 Å². The number of nitrogens with two attached hydrogens (primary N) is 1. The normalized spacial score (nSPS) is 24.1. The predicted octanol–water partition coefficient (Wildman–Crippen LogP) is 2.89. The van der Waals surface area contributed by atoms with Crippen LogP contribution in [0.2, 0.25) is 0 Å². The van der Waals surface area contributed by atoms with Crippen LogP contribution < -0.4 is 15.8 Å². The number of benzene rings is 1. The topological polar surface area (TPSA) is 47.3 Å². The summed E-state index contributed by atoms with van der Waals surface area (Å²) in [6.45, 7) is 3.53. The van der Waals surface area contributed by atoms with E-state index in [2.05, 4.69) is 11.9 Å². The smallest absolute Gasteiger partial charge is 0.126 e. The first-order valence-electron chi connectivity index (χ1n) is 6.17. The molecule has 17 heavy (non-hydrogen) atoms. The first-order chi connectivity index (χ1) is 8.28. The van der Waals surface area contributed by atoms with Gasteiger partial charge in [-0.2, -0.15) is 0 Å². The zero-order valence-corrected chi connectivity index (χ0v) is 10.1. The van der Waals surface area contributed by atoms with Gasteiger partial charge in [-0.05, 0) is 49.9 Å². The average molecular weight is 232 g/mol. The van der Waals surface area contributed by atoms with E-state index in [-0.39, 0.29) is 0 Å². The summed E-state index contributed by atoms with van der Waals surface area (Å²) >= 11 is 0. The Morgan fingerprint density at radius 1 is 1.18 bits per heavy atom. The van der Waals surface area contributed by atoms with E-state index in [1.807, 2.05) is 24.3 Å². The first-order valence-corrected chi connectivity index (χ1v) is 6.17. The Bertz CT molecular complexity index is 353. The van der Waals surface area contributed by atoms with Crippen LogP contribution in [-0.4, -0.2) is 12.1 Å². The maximum absolute atomic E-state index is 5.89. The number of anilines is 1. The second-order valence-corrected chi connectivity index (χ2v) is 4.56. The monoisotopic (exact) mass is 232 g/mol. The standard InChI is InChI=1S/C14H20N2O/c1-2-17-14-9-7-13(8-10-14)16-12-5-3-11(15)4-6-12/h2,7-12,16H,1,3-6,15H2. The molecule has 1 aromatic rings. The van der Waals surface area contributed by atoms with E-state index in [0.717, 1.165) is 37.1 Å². The van der Waals surface area contributed by atoms with Crippen LogP contribution in [0.25, 0.3) is 0 Å². The summed E-state index contributed by atoms with van der Waals surface area (Å²) in [5.41, 5.74) is 7.03. The van der Waals surface area contributed by atoms with Crippen LogP contribution in [0, 0.1) is 0 Å². The van der Waals surface area contributed by atoms with Crippen LogP contribution in [0.4, 0.5) is 5.69 Å². The van der Waals surface area contributed by atoms with Crippen molar-refractivity contribution >= 4 is 5.69 Å². The molecule has 0 aliphatic heterocycles. The molecule has 0 unspecified atom stereocenters. The minimum Gasteiger partial charge on any atom is -0.466 e. The van der Waals surface area contributed by atoms with E-state index in [1.54, 1.807) is 0 Å².